The van der Waals surface area contributed by atoms with Gasteiger partial charge in [-0.25, -0.2) is 0 Å². The van der Waals surface area contributed by atoms with Crippen molar-refractivity contribution in [3.05, 3.63) is 12.4 Å². The smallest absolute Gasteiger partial charge is 0.251 e. The van der Waals surface area contributed by atoms with Gasteiger partial charge in [-0.15, -0.1) is 5.10 Å². The standard InChI is InChI=1S/C10H11N7O2/c1-16-9(18)3-2-6(10(16)19)12-7-4-11-5-8-13-14-15-17(7)8/h4-6,12H,2-3H2,1H3. The van der Waals surface area contributed by atoms with Gasteiger partial charge < -0.3 is 5.32 Å². The van der Waals surface area contributed by atoms with Crippen LogP contribution in [-0.4, -0.2) is 54.8 Å². The molecule has 1 aliphatic rings. The lowest BCUT2D eigenvalue weighted by atomic mass is 10.0. The number of fused-ring (bicyclic) bond motifs is 1. The van der Waals surface area contributed by atoms with Crippen LogP contribution in [0.2, 0.25) is 0 Å². The van der Waals surface area contributed by atoms with Crippen LogP contribution in [-0.2, 0) is 9.59 Å². The van der Waals surface area contributed by atoms with Gasteiger partial charge in [0.15, 0.2) is 11.5 Å². The van der Waals surface area contributed by atoms with E-state index in [9.17, 15) is 9.59 Å². The number of rotatable bonds is 2. The van der Waals surface area contributed by atoms with Gasteiger partial charge in [-0.3, -0.25) is 19.5 Å². The third kappa shape index (κ3) is 1.88. The summed E-state index contributed by atoms with van der Waals surface area (Å²) in [4.78, 5) is 28.5. The van der Waals surface area contributed by atoms with Crippen molar-refractivity contribution < 1.29 is 9.59 Å². The van der Waals surface area contributed by atoms with Crippen LogP contribution in [0.15, 0.2) is 12.4 Å². The zero-order valence-corrected chi connectivity index (χ0v) is 10.1. The van der Waals surface area contributed by atoms with E-state index in [1.807, 2.05) is 0 Å². The molecule has 3 heterocycles. The predicted molar refractivity (Wildman–Crippen MR) is 63.0 cm³/mol. The zero-order chi connectivity index (χ0) is 13.4. The number of likely N-dealkylation sites (tertiary alicyclic amines) is 1. The van der Waals surface area contributed by atoms with Gasteiger partial charge in [-0.05, 0) is 16.8 Å². The Kier molecular flexibility index (Phi) is 2.58. The number of nitrogens with zero attached hydrogens (tertiary/aromatic N) is 6. The van der Waals surface area contributed by atoms with Crippen LogP contribution in [0.3, 0.4) is 0 Å². The first-order valence-corrected chi connectivity index (χ1v) is 5.76. The molecule has 98 valence electrons. The number of tetrazole rings is 1. The third-order valence-electron chi connectivity index (χ3n) is 3.08. The van der Waals surface area contributed by atoms with Crippen LogP contribution >= 0.6 is 0 Å². The summed E-state index contributed by atoms with van der Waals surface area (Å²) in [5.41, 5.74) is 0.484. The second-order valence-corrected chi connectivity index (χ2v) is 4.27. The molecule has 1 unspecified atom stereocenters. The molecule has 1 N–H and O–H groups in total. The minimum atomic E-state index is -0.473. The molecule has 3 rings (SSSR count). The van der Waals surface area contributed by atoms with E-state index in [0.717, 1.165) is 4.90 Å². The van der Waals surface area contributed by atoms with Crippen molar-refractivity contribution >= 4 is 23.3 Å². The molecule has 9 nitrogen and oxygen atoms in total. The highest BCUT2D eigenvalue weighted by atomic mass is 16.2. The Morgan fingerprint density at radius 2 is 2.21 bits per heavy atom. The highest BCUT2D eigenvalue weighted by molar-refractivity contribution is 6.01. The number of nitrogens with one attached hydrogen (secondary N) is 1. The van der Waals surface area contributed by atoms with E-state index in [1.54, 1.807) is 0 Å². The van der Waals surface area contributed by atoms with E-state index in [-0.39, 0.29) is 11.8 Å². The highest BCUT2D eigenvalue weighted by Gasteiger charge is 2.32. The maximum Gasteiger partial charge on any atom is 0.251 e. The molecule has 1 saturated heterocycles. The molecule has 0 spiro atoms. The summed E-state index contributed by atoms with van der Waals surface area (Å²) in [6, 6.07) is -0.473. The molecule has 1 aliphatic heterocycles. The van der Waals surface area contributed by atoms with Crippen LogP contribution in [0, 0.1) is 0 Å². The van der Waals surface area contributed by atoms with E-state index >= 15 is 0 Å². The zero-order valence-electron chi connectivity index (χ0n) is 10.1. The second-order valence-electron chi connectivity index (χ2n) is 4.27. The van der Waals surface area contributed by atoms with Crippen molar-refractivity contribution in [2.24, 2.45) is 0 Å². The van der Waals surface area contributed by atoms with Crippen LogP contribution in [0.1, 0.15) is 12.8 Å². The van der Waals surface area contributed by atoms with Gasteiger partial charge in [0.2, 0.25) is 5.91 Å². The Bertz CT molecular complexity index is 652. The van der Waals surface area contributed by atoms with Crippen molar-refractivity contribution in [3.63, 3.8) is 0 Å². The average Bonchev–Trinajstić information content (AvgIpc) is 2.89. The molecule has 2 aromatic heterocycles. The fourth-order valence-electron chi connectivity index (χ4n) is 2.00. The average molecular weight is 261 g/mol. The van der Waals surface area contributed by atoms with Gasteiger partial charge in [0, 0.05) is 13.5 Å². The largest absolute Gasteiger partial charge is 0.357 e. The molecule has 0 bridgehead atoms. The monoisotopic (exact) mass is 261 g/mol. The van der Waals surface area contributed by atoms with E-state index in [4.69, 9.17) is 0 Å². The molecule has 0 saturated carbocycles. The number of imide groups is 1. The number of piperidine rings is 1. The summed E-state index contributed by atoms with van der Waals surface area (Å²) in [5, 5.41) is 14.1. The summed E-state index contributed by atoms with van der Waals surface area (Å²) in [6.07, 6.45) is 3.83. The minimum absolute atomic E-state index is 0.165. The molecule has 0 aliphatic carbocycles. The third-order valence-corrected chi connectivity index (χ3v) is 3.08. The van der Waals surface area contributed by atoms with Gasteiger partial charge in [0.05, 0.1) is 12.4 Å². The molecule has 19 heavy (non-hydrogen) atoms. The number of carbonyl (C=O) groups is 2. The lowest BCUT2D eigenvalue weighted by Crippen LogP contribution is -2.48. The van der Waals surface area contributed by atoms with E-state index < -0.39 is 6.04 Å². The molecular weight excluding hydrogens is 250 g/mol. The van der Waals surface area contributed by atoms with Crippen LogP contribution in [0.25, 0.3) is 5.65 Å². The topological polar surface area (TPSA) is 105 Å². The molecule has 0 aromatic carbocycles. The van der Waals surface area contributed by atoms with E-state index in [0.29, 0.717) is 24.3 Å². The fraction of sp³-hybridized carbons (Fsp3) is 0.400. The molecular formula is C10H11N7O2. The second kappa shape index (κ2) is 4.26. The number of likely N-dealkylation sites (N-methyl/N-ethyl adjacent to an activating group) is 1. The van der Waals surface area contributed by atoms with Crippen LogP contribution in [0.5, 0.6) is 0 Å². The predicted octanol–water partition coefficient (Wildman–Crippen LogP) is -0.921. The summed E-state index contributed by atoms with van der Waals surface area (Å²) < 4.78 is 1.46. The van der Waals surface area contributed by atoms with E-state index in [1.165, 1.54) is 24.0 Å². The first-order chi connectivity index (χ1) is 9.16. The summed E-state index contributed by atoms with van der Waals surface area (Å²) in [5.74, 6) is 0.0896. The Balaban J connectivity index is 1.87. The SMILES string of the molecule is CN1C(=O)CCC(Nc2cncc3nnnn23)C1=O. The Morgan fingerprint density at radius 3 is 3.05 bits per heavy atom. The fourth-order valence-corrected chi connectivity index (χ4v) is 2.00. The van der Waals surface area contributed by atoms with Crippen molar-refractivity contribution in [1.82, 2.24) is 29.9 Å². The number of hydrogen-bond acceptors (Lipinski definition) is 7. The Labute approximate surface area is 107 Å². The number of hydrogen-bond donors (Lipinski definition) is 1. The van der Waals surface area contributed by atoms with Gasteiger partial charge >= 0.3 is 0 Å². The Morgan fingerprint density at radius 1 is 1.37 bits per heavy atom. The highest BCUT2D eigenvalue weighted by Crippen LogP contribution is 2.16. The summed E-state index contributed by atoms with van der Waals surface area (Å²) in [7, 11) is 1.48. The minimum Gasteiger partial charge on any atom is -0.357 e. The first kappa shape index (κ1) is 11.5. The molecule has 1 atom stereocenters. The maximum absolute atomic E-state index is 12.0. The van der Waals surface area contributed by atoms with E-state index in [2.05, 4.69) is 25.8 Å². The van der Waals surface area contributed by atoms with Crippen LogP contribution in [0.4, 0.5) is 5.82 Å². The van der Waals surface area contributed by atoms with Gasteiger partial charge in [0.1, 0.15) is 6.04 Å². The van der Waals surface area contributed by atoms with Crippen molar-refractivity contribution in [3.8, 4) is 0 Å². The lowest BCUT2D eigenvalue weighted by molar-refractivity contribution is -0.146. The van der Waals surface area contributed by atoms with Gasteiger partial charge in [0.25, 0.3) is 5.91 Å². The molecule has 1 fully saturated rings. The normalized spacial score (nSPS) is 20.1. The molecule has 2 amide bonds. The Hall–Kier alpha value is -2.58. The van der Waals surface area contributed by atoms with Gasteiger partial charge in [-0.2, -0.15) is 4.52 Å². The van der Waals surface area contributed by atoms with Crippen molar-refractivity contribution in [1.29, 1.82) is 0 Å². The number of carbonyl (C=O) groups excluding carboxylic acids is 2. The number of anilines is 1. The van der Waals surface area contributed by atoms with Gasteiger partial charge in [-0.1, -0.05) is 0 Å². The summed E-state index contributed by atoms with van der Waals surface area (Å²) in [6.45, 7) is 0. The first-order valence-electron chi connectivity index (χ1n) is 5.76. The lowest BCUT2D eigenvalue weighted by Gasteiger charge is -2.28. The maximum atomic E-state index is 12.0. The molecule has 2 aromatic rings. The number of aromatic nitrogens is 5. The van der Waals surface area contributed by atoms with Crippen molar-refractivity contribution in [2.75, 3.05) is 12.4 Å². The summed E-state index contributed by atoms with van der Waals surface area (Å²) >= 11 is 0. The quantitative estimate of drug-likeness (QED) is 0.697. The van der Waals surface area contributed by atoms with Crippen molar-refractivity contribution in [2.45, 2.75) is 18.9 Å². The molecule has 9 heteroatoms. The number of amides is 2. The van der Waals surface area contributed by atoms with Crippen LogP contribution < -0.4 is 5.32 Å². The molecule has 0 radical (unpaired) electrons.